The topological polar surface area (TPSA) is 45.2 Å². The third kappa shape index (κ3) is 7.41. The molecule has 158 valence electrons. The standard InChI is InChI=1S/C22H37N3O3/c1-23(2)13-14-25(22(26)11-15-27-3)17-19-8-7-12-24(16-19)18-20-9-5-6-10-21(20)28-4/h5-6,9-10,19H,7-8,11-18H2,1-4H3/t19-/m1/s1. The third-order valence-corrected chi connectivity index (χ3v) is 5.36. The summed E-state index contributed by atoms with van der Waals surface area (Å²) in [6.07, 6.45) is 2.81. The summed E-state index contributed by atoms with van der Waals surface area (Å²) in [6, 6.07) is 8.24. The first-order valence-corrected chi connectivity index (χ1v) is 10.3. The van der Waals surface area contributed by atoms with Gasteiger partial charge in [0.05, 0.1) is 20.1 Å². The van der Waals surface area contributed by atoms with Gasteiger partial charge in [0.25, 0.3) is 0 Å². The first kappa shape index (κ1) is 22.7. The highest BCUT2D eigenvalue weighted by Gasteiger charge is 2.24. The molecule has 28 heavy (non-hydrogen) atoms. The molecule has 1 saturated heterocycles. The van der Waals surface area contributed by atoms with E-state index in [1.165, 1.54) is 18.4 Å². The zero-order chi connectivity index (χ0) is 20.4. The smallest absolute Gasteiger partial charge is 0.224 e. The number of ether oxygens (including phenoxy) is 2. The Kier molecular flexibility index (Phi) is 9.75. The predicted octanol–water partition coefficient (Wildman–Crippen LogP) is 2.33. The lowest BCUT2D eigenvalue weighted by molar-refractivity contribution is -0.133. The number of carbonyl (C=O) groups is 1. The van der Waals surface area contributed by atoms with Crippen molar-refractivity contribution in [3.05, 3.63) is 29.8 Å². The van der Waals surface area contributed by atoms with Crippen molar-refractivity contribution in [3.63, 3.8) is 0 Å². The summed E-state index contributed by atoms with van der Waals surface area (Å²) in [5, 5.41) is 0. The summed E-state index contributed by atoms with van der Waals surface area (Å²) >= 11 is 0. The van der Waals surface area contributed by atoms with Crippen LogP contribution in [0, 0.1) is 5.92 Å². The molecule has 1 aromatic carbocycles. The van der Waals surface area contributed by atoms with Crippen LogP contribution < -0.4 is 4.74 Å². The summed E-state index contributed by atoms with van der Waals surface area (Å²) in [6.45, 7) is 6.00. The minimum atomic E-state index is 0.200. The molecule has 1 aliphatic heterocycles. The van der Waals surface area contributed by atoms with Crippen LogP contribution in [0.1, 0.15) is 24.8 Å². The van der Waals surface area contributed by atoms with Crippen LogP contribution in [-0.4, -0.2) is 88.3 Å². The molecule has 1 aliphatic rings. The van der Waals surface area contributed by atoms with Gasteiger partial charge in [-0.25, -0.2) is 0 Å². The van der Waals surface area contributed by atoms with Gasteiger partial charge in [-0.2, -0.15) is 0 Å². The number of nitrogens with zero attached hydrogens (tertiary/aromatic N) is 3. The Morgan fingerprint density at radius 2 is 2.00 bits per heavy atom. The highest BCUT2D eigenvalue weighted by Crippen LogP contribution is 2.24. The Morgan fingerprint density at radius 1 is 1.21 bits per heavy atom. The van der Waals surface area contributed by atoms with Gasteiger partial charge in [-0.05, 0) is 45.5 Å². The highest BCUT2D eigenvalue weighted by atomic mass is 16.5. The molecular weight excluding hydrogens is 354 g/mol. The minimum Gasteiger partial charge on any atom is -0.496 e. The summed E-state index contributed by atoms with van der Waals surface area (Å²) < 4.78 is 10.6. The van der Waals surface area contributed by atoms with Crippen molar-refractivity contribution in [2.24, 2.45) is 5.92 Å². The maximum absolute atomic E-state index is 12.6. The molecule has 0 N–H and O–H groups in total. The van der Waals surface area contributed by atoms with Gasteiger partial charge < -0.3 is 19.3 Å². The molecule has 0 bridgehead atoms. The maximum Gasteiger partial charge on any atom is 0.224 e. The molecule has 0 aromatic heterocycles. The van der Waals surface area contributed by atoms with E-state index in [2.05, 4.69) is 21.9 Å². The molecule has 0 saturated carbocycles. The van der Waals surface area contributed by atoms with Crippen LogP contribution in [0.2, 0.25) is 0 Å². The van der Waals surface area contributed by atoms with Gasteiger partial charge >= 0.3 is 0 Å². The van der Waals surface area contributed by atoms with Crippen molar-refractivity contribution in [1.82, 2.24) is 14.7 Å². The number of para-hydroxylation sites is 1. The number of methoxy groups -OCH3 is 2. The molecule has 0 spiro atoms. The molecule has 2 rings (SSSR count). The van der Waals surface area contributed by atoms with Gasteiger partial charge in [0.15, 0.2) is 0 Å². The van der Waals surface area contributed by atoms with Gasteiger partial charge in [-0.1, -0.05) is 18.2 Å². The Hall–Kier alpha value is -1.63. The van der Waals surface area contributed by atoms with Crippen molar-refractivity contribution in [3.8, 4) is 5.75 Å². The maximum atomic E-state index is 12.6. The second-order valence-corrected chi connectivity index (χ2v) is 7.94. The van der Waals surface area contributed by atoms with Crippen LogP contribution >= 0.6 is 0 Å². The Morgan fingerprint density at radius 3 is 2.71 bits per heavy atom. The number of hydrogen-bond acceptors (Lipinski definition) is 5. The van der Waals surface area contributed by atoms with E-state index in [0.29, 0.717) is 18.9 Å². The lowest BCUT2D eigenvalue weighted by Gasteiger charge is -2.36. The average molecular weight is 392 g/mol. The van der Waals surface area contributed by atoms with Crippen LogP contribution in [0.4, 0.5) is 0 Å². The fourth-order valence-corrected chi connectivity index (χ4v) is 3.82. The van der Waals surface area contributed by atoms with Crippen molar-refractivity contribution < 1.29 is 14.3 Å². The third-order valence-electron chi connectivity index (χ3n) is 5.36. The predicted molar refractivity (Wildman–Crippen MR) is 113 cm³/mol. The lowest BCUT2D eigenvalue weighted by Crippen LogP contribution is -2.44. The lowest BCUT2D eigenvalue weighted by atomic mass is 9.96. The van der Waals surface area contributed by atoms with Crippen LogP contribution in [0.3, 0.4) is 0 Å². The fraction of sp³-hybridized carbons (Fsp3) is 0.682. The number of piperidine rings is 1. The Balaban J connectivity index is 1.95. The van der Waals surface area contributed by atoms with Crippen LogP contribution in [0.25, 0.3) is 0 Å². The summed E-state index contributed by atoms with van der Waals surface area (Å²) in [4.78, 5) is 19.3. The van der Waals surface area contributed by atoms with Crippen molar-refractivity contribution in [1.29, 1.82) is 0 Å². The van der Waals surface area contributed by atoms with Crippen molar-refractivity contribution in [2.45, 2.75) is 25.8 Å². The van der Waals surface area contributed by atoms with E-state index in [1.54, 1.807) is 14.2 Å². The average Bonchev–Trinajstić information content (AvgIpc) is 2.69. The van der Waals surface area contributed by atoms with E-state index in [9.17, 15) is 4.79 Å². The second kappa shape index (κ2) is 12.0. The van der Waals surface area contributed by atoms with Gasteiger partial charge in [0.2, 0.25) is 5.91 Å². The van der Waals surface area contributed by atoms with E-state index in [4.69, 9.17) is 9.47 Å². The molecule has 1 aromatic rings. The van der Waals surface area contributed by atoms with Crippen molar-refractivity contribution in [2.75, 3.05) is 67.6 Å². The zero-order valence-corrected chi connectivity index (χ0v) is 18.0. The number of likely N-dealkylation sites (N-methyl/N-ethyl adjacent to an activating group) is 1. The Labute approximate surface area is 170 Å². The summed E-state index contributed by atoms with van der Waals surface area (Å²) in [5.74, 6) is 1.66. The molecule has 1 heterocycles. The van der Waals surface area contributed by atoms with E-state index in [0.717, 1.165) is 45.0 Å². The molecule has 6 nitrogen and oxygen atoms in total. The first-order chi connectivity index (χ1) is 13.5. The van der Waals surface area contributed by atoms with Gasteiger partial charge in [0, 0.05) is 45.4 Å². The van der Waals surface area contributed by atoms with E-state index < -0.39 is 0 Å². The SMILES string of the molecule is COCCC(=O)N(CCN(C)C)C[C@@H]1CCCN(Cc2ccccc2OC)C1. The minimum absolute atomic E-state index is 0.200. The number of amides is 1. The molecule has 6 heteroatoms. The summed E-state index contributed by atoms with van der Waals surface area (Å²) in [5.41, 5.74) is 1.23. The van der Waals surface area contributed by atoms with Gasteiger partial charge in [-0.3, -0.25) is 9.69 Å². The van der Waals surface area contributed by atoms with Gasteiger partial charge in [-0.15, -0.1) is 0 Å². The number of benzene rings is 1. The molecule has 0 aliphatic carbocycles. The monoisotopic (exact) mass is 391 g/mol. The van der Waals surface area contributed by atoms with Gasteiger partial charge in [0.1, 0.15) is 5.75 Å². The Bertz CT molecular complexity index is 594. The molecule has 0 radical (unpaired) electrons. The largest absolute Gasteiger partial charge is 0.496 e. The molecule has 1 atom stereocenters. The van der Waals surface area contributed by atoms with Crippen molar-refractivity contribution >= 4 is 5.91 Å². The van der Waals surface area contributed by atoms with Crippen LogP contribution in [0.5, 0.6) is 5.75 Å². The molecular formula is C22H37N3O3. The zero-order valence-electron chi connectivity index (χ0n) is 18.0. The fourth-order valence-electron chi connectivity index (χ4n) is 3.82. The van der Waals surface area contributed by atoms with Crippen LogP contribution in [0.15, 0.2) is 24.3 Å². The number of rotatable bonds is 11. The van der Waals surface area contributed by atoms with E-state index in [-0.39, 0.29) is 5.91 Å². The molecule has 0 unspecified atom stereocenters. The first-order valence-electron chi connectivity index (χ1n) is 10.3. The quantitative estimate of drug-likeness (QED) is 0.579. The second-order valence-electron chi connectivity index (χ2n) is 7.94. The number of hydrogen-bond donors (Lipinski definition) is 0. The normalized spacial score (nSPS) is 17.7. The highest BCUT2D eigenvalue weighted by molar-refractivity contribution is 5.76. The number of carbonyl (C=O) groups excluding carboxylic acids is 1. The number of likely N-dealkylation sites (tertiary alicyclic amines) is 1. The van der Waals surface area contributed by atoms with E-state index >= 15 is 0 Å². The molecule has 1 amide bonds. The van der Waals surface area contributed by atoms with E-state index in [1.807, 2.05) is 31.1 Å². The van der Waals surface area contributed by atoms with Crippen LogP contribution in [-0.2, 0) is 16.1 Å². The summed E-state index contributed by atoms with van der Waals surface area (Å²) in [7, 11) is 7.47. The molecule has 1 fully saturated rings.